The second-order valence-corrected chi connectivity index (χ2v) is 9.33. The number of anilines is 1. The van der Waals surface area contributed by atoms with Crippen molar-refractivity contribution in [2.45, 2.75) is 13.3 Å². The fourth-order valence-electron chi connectivity index (χ4n) is 4.27. The van der Waals surface area contributed by atoms with Crippen LogP contribution in [-0.4, -0.2) is 46.1 Å². The van der Waals surface area contributed by atoms with Gasteiger partial charge in [0.2, 0.25) is 0 Å². The Balaban J connectivity index is 1.37. The average molecular weight is 505 g/mol. The van der Waals surface area contributed by atoms with Gasteiger partial charge in [0.05, 0.1) is 17.4 Å². The van der Waals surface area contributed by atoms with Crippen molar-refractivity contribution in [1.29, 1.82) is 0 Å². The van der Waals surface area contributed by atoms with Crippen LogP contribution in [0.2, 0.25) is 0 Å². The van der Waals surface area contributed by atoms with Gasteiger partial charge in [-0.15, -0.1) is 0 Å². The molecule has 0 aliphatic heterocycles. The summed E-state index contributed by atoms with van der Waals surface area (Å²) in [5.41, 5.74) is 7.54. The number of hydrogen-bond acceptors (Lipinski definition) is 4. The van der Waals surface area contributed by atoms with Crippen LogP contribution in [0, 0.1) is 0 Å². The molecule has 0 radical (unpaired) electrons. The third kappa shape index (κ3) is 5.24. The monoisotopic (exact) mass is 504 g/mol. The molecule has 2 aromatic carbocycles. The molecule has 0 saturated carbocycles. The first-order valence-electron chi connectivity index (χ1n) is 12.3. The summed E-state index contributed by atoms with van der Waals surface area (Å²) in [4.78, 5) is 31.0. The molecule has 8 nitrogen and oxygen atoms in total. The Morgan fingerprint density at radius 3 is 2.53 bits per heavy atom. The summed E-state index contributed by atoms with van der Waals surface area (Å²) in [6.45, 7) is 2.10. The highest BCUT2D eigenvalue weighted by Gasteiger charge is 2.17. The van der Waals surface area contributed by atoms with Gasteiger partial charge in [-0.05, 0) is 54.3 Å². The van der Waals surface area contributed by atoms with Crippen molar-refractivity contribution in [3.63, 3.8) is 0 Å². The van der Waals surface area contributed by atoms with Gasteiger partial charge in [0.1, 0.15) is 0 Å². The van der Waals surface area contributed by atoms with Crippen LogP contribution in [0.3, 0.4) is 0 Å². The lowest BCUT2D eigenvalue weighted by molar-refractivity contribution is 0.0963. The Morgan fingerprint density at radius 2 is 1.74 bits per heavy atom. The molecule has 5 rings (SSSR count). The number of rotatable bonds is 5. The zero-order valence-corrected chi connectivity index (χ0v) is 21.4. The minimum absolute atomic E-state index is 0.239. The summed E-state index contributed by atoms with van der Waals surface area (Å²) in [5, 5.41) is 13.8. The number of allylic oxidation sites excluding steroid dienone is 5. The standard InChI is InChI=1S/C30H28N6O2/c1-19-9-11-23(12-13-25(19)20-7-5-4-6-8-20)32-29(37)28-26-16-21(10-14-27(26)34-35-28)22-15-24(18-31-17-22)33-30(38)36(2)3/h4-8,10-18H,9H2,1-3H3,(H,32,37)(H,33,38)(H,34,35). The van der Waals surface area contributed by atoms with Gasteiger partial charge in [-0.1, -0.05) is 54.1 Å². The summed E-state index contributed by atoms with van der Waals surface area (Å²) in [7, 11) is 3.35. The maximum Gasteiger partial charge on any atom is 0.321 e. The maximum atomic E-state index is 13.3. The van der Waals surface area contributed by atoms with Gasteiger partial charge >= 0.3 is 6.03 Å². The van der Waals surface area contributed by atoms with E-state index in [9.17, 15) is 9.59 Å². The van der Waals surface area contributed by atoms with E-state index in [1.807, 2.05) is 60.7 Å². The van der Waals surface area contributed by atoms with Gasteiger partial charge in [0.25, 0.3) is 5.91 Å². The third-order valence-corrected chi connectivity index (χ3v) is 6.37. The van der Waals surface area contributed by atoms with E-state index in [1.54, 1.807) is 26.5 Å². The third-order valence-electron chi connectivity index (χ3n) is 6.37. The van der Waals surface area contributed by atoms with Crippen molar-refractivity contribution in [3.8, 4) is 11.1 Å². The first-order valence-corrected chi connectivity index (χ1v) is 12.3. The Morgan fingerprint density at radius 1 is 0.921 bits per heavy atom. The molecule has 1 aliphatic rings. The summed E-state index contributed by atoms with van der Waals surface area (Å²) in [6, 6.07) is 17.5. The molecule has 2 aromatic heterocycles. The van der Waals surface area contributed by atoms with Crippen LogP contribution < -0.4 is 10.6 Å². The number of carbonyl (C=O) groups is 2. The van der Waals surface area contributed by atoms with Gasteiger partial charge in [-0.25, -0.2) is 4.79 Å². The smallest absolute Gasteiger partial charge is 0.321 e. The Labute approximate surface area is 220 Å². The van der Waals surface area contributed by atoms with Crippen LogP contribution in [0.4, 0.5) is 10.5 Å². The molecular weight excluding hydrogens is 476 g/mol. The summed E-state index contributed by atoms with van der Waals surface area (Å²) in [5.74, 6) is -0.296. The van der Waals surface area contributed by atoms with E-state index in [0.29, 0.717) is 16.8 Å². The minimum atomic E-state index is -0.296. The van der Waals surface area contributed by atoms with Crippen molar-refractivity contribution in [2.75, 3.05) is 19.4 Å². The second kappa shape index (κ2) is 10.6. The number of nitrogens with one attached hydrogen (secondary N) is 3. The zero-order valence-electron chi connectivity index (χ0n) is 21.4. The van der Waals surface area contributed by atoms with E-state index in [1.165, 1.54) is 10.5 Å². The summed E-state index contributed by atoms with van der Waals surface area (Å²) >= 11 is 0. The van der Waals surface area contributed by atoms with E-state index in [-0.39, 0.29) is 11.9 Å². The van der Waals surface area contributed by atoms with Crippen molar-refractivity contribution < 1.29 is 9.59 Å². The molecule has 0 atom stereocenters. The molecule has 4 aromatic rings. The minimum Gasteiger partial charge on any atom is -0.331 e. The van der Waals surface area contributed by atoms with Crippen LogP contribution in [0.1, 0.15) is 29.4 Å². The topological polar surface area (TPSA) is 103 Å². The number of nitrogens with zero attached hydrogens (tertiary/aromatic N) is 3. The molecule has 0 bridgehead atoms. The number of benzene rings is 2. The number of aromatic amines is 1. The molecule has 1 aliphatic carbocycles. The van der Waals surface area contributed by atoms with Crippen LogP contribution >= 0.6 is 0 Å². The molecule has 0 fully saturated rings. The first-order chi connectivity index (χ1) is 18.4. The molecule has 3 N–H and O–H groups in total. The normalized spacial score (nSPS) is 13.2. The first kappa shape index (κ1) is 24.7. The molecule has 0 unspecified atom stereocenters. The van der Waals surface area contributed by atoms with Crippen molar-refractivity contribution in [1.82, 2.24) is 25.4 Å². The van der Waals surface area contributed by atoms with Crippen LogP contribution in [0.15, 0.2) is 96.5 Å². The molecular formula is C30H28N6O2. The molecule has 8 heteroatoms. The van der Waals surface area contributed by atoms with E-state index in [0.717, 1.165) is 39.9 Å². The molecule has 0 saturated heterocycles. The second-order valence-electron chi connectivity index (χ2n) is 9.33. The van der Waals surface area contributed by atoms with Gasteiger partial charge in [-0.3, -0.25) is 14.9 Å². The highest BCUT2D eigenvalue weighted by atomic mass is 16.2. The van der Waals surface area contributed by atoms with Crippen molar-refractivity contribution in [3.05, 3.63) is 108 Å². The lowest BCUT2D eigenvalue weighted by Crippen LogP contribution is -2.27. The van der Waals surface area contributed by atoms with Crippen LogP contribution in [-0.2, 0) is 0 Å². The molecule has 190 valence electrons. The summed E-state index contributed by atoms with van der Waals surface area (Å²) in [6.07, 6.45) is 10.0. The maximum absolute atomic E-state index is 13.3. The number of pyridine rings is 1. The summed E-state index contributed by atoms with van der Waals surface area (Å²) < 4.78 is 0. The molecule has 2 heterocycles. The van der Waals surface area contributed by atoms with Gasteiger partial charge < -0.3 is 15.5 Å². The van der Waals surface area contributed by atoms with Crippen LogP contribution in [0.5, 0.6) is 0 Å². The number of carbonyl (C=O) groups excluding carboxylic acids is 2. The highest BCUT2D eigenvalue weighted by Crippen LogP contribution is 2.28. The lowest BCUT2D eigenvalue weighted by atomic mass is 9.99. The Bertz CT molecular complexity index is 1610. The SMILES string of the molecule is CC1=C(c2ccccc2)C=CC(NC(=O)c2n[nH]c3ccc(-c4cncc(NC(=O)N(C)C)c4)cc23)=CC1. The number of hydrogen-bond donors (Lipinski definition) is 3. The average Bonchev–Trinajstić information content (AvgIpc) is 3.27. The largest absolute Gasteiger partial charge is 0.331 e. The van der Waals surface area contributed by atoms with Crippen molar-refractivity contribution >= 4 is 34.1 Å². The quantitative estimate of drug-likeness (QED) is 0.321. The fourth-order valence-corrected chi connectivity index (χ4v) is 4.27. The predicted octanol–water partition coefficient (Wildman–Crippen LogP) is 5.77. The number of H-pyrrole nitrogens is 1. The molecule has 3 amide bonds. The van der Waals surface area contributed by atoms with E-state index in [4.69, 9.17) is 0 Å². The Kier molecular flexibility index (Phi) is 6.86. The van der Waals surface area contributed by atoms with Crippen LogP contribution in [0.25, 0.3) is 27.6 Å². The number of amides is 3. The Hall–Kier alpha value is -4.98. The number of aromatic nitrogens is 3. The van der Waals surface area contributed by atoms with Gasteiger partial charge in [-0.2, -0.15) is 5.10 Å². The molecule has 38 heavy (non-hydrogen) atoms. The number of urea groups is 1. The van der Waals surface area contributed by atoms with E-state index < -0.39 is 0 Å². The predicted molar refractivity (Wildman–Crippen MR) is 150 cm³/mol. The van der Waals surface area contributed by atoms with Gasteiger partial charge in [0, 0.05) is 36.9 Å². The van der Waals surface area contributed by atoms with Crippen molar-refractivity contribution in [2.24, 2.45) is 0 Å². The molecule has 0 spiro atoms. The zero-order chi connectivity index (χ0) is 26.6. The fraction of sp³-hybridized carbons (Fsp3) is 0.133. The highest BCUT2D eigenvalue weighted by molar-refractivity contribution is 6.06. The van der Waals surface area contributed by atoms with Gasteiger partial charge in [0.15, 0.2) is 5.69 Å². The number of fused-ring (bicyclic) bond motifs is 1. The van der Waals surface area contributed by atoms with E-state index in [2.05, 4.69) is 44.9 Å². The van der Waals surface area contributed by atoms with E-state index >= 15 is 0 Å². The lowest BCUT2D eigenvalue weighted by Gasteiger charge is -2.12.